The zero-order valence-corrected chi connectivity index (χ0v) is 7.52. The first-order valence-corrected chi connectivity index (χ1v) is 6.25. The number of halogens is 1. The average Bonchev–Trinajstić information content (AvgIpc) is 1.78. The Kier molecular flexibility index (Phi) is 2.32. The van der Waals surface area contributed by atoms with E-state index in [2.05, 4.69) is 15.5 Å². The van der Waals surface area contributed by atoms with E-state index in [9.17, 15) is 4.57 Å². The number of hydrogen-bond donors (Lipinski definition) is 0. The van der Waals surface area contributed by atoms with E-state index in [0.29, 0.717) is 19.1 Å². The zero-order valence-electron chi connectivity index (χ0n) is 5.04. The van der Waals surface area contributed by atoms with Crippen LogP contribution in [0.1, 0.15) is 6.92 Å². The highest BCUT2D eigenvalue weighted by Gasteiger charge is 2.26. The summed E-state index contributed by atoms with van der Waals surface area (Å²) < 4.78 is 20.5. The smallest absolute Gasteiger partial charge is 0.300 e. The standard InChI is InChI=1S/C4H8BrO3P/c1-4-2-7-9(5,6)8-3-4/h4H,2-3H2,1H3. The second-order valence-electron chi connectivity index (χ2n) is 2.13. The van der Waals surface area contributed by atoms with Gasteiger partial charge in [0.15, 0.2) is 0 Å². The Hall–Kier alpha value is 0.630. The fourth-order valence-corrected chi connectivity index (χ4v) is 2.17. The molecule has 54 valence electrons. The minimum atomic E-state index is -2.81. The molecule has 1 aliphatic heterocycles. The molecule has 0 atom stereocenters. The maximum atomic E-state index is 10.9. The molecule has 0 aromatic heterocycles. The van der Waals surface area contributed by atoms with E-state index in [1.165, 1.54) is 0 Å². The summed E-state index contributed by atoms with van der Waals surface area (Å²) in [5.74, 6) is 0.352. The molecule has 3 nitrogen and oxygen atoms in total. The van der Waals surface area contributed by atoms with Gasteiger partial charge in [0.1, 0.15) is 0 Å². The van der Waals surface area contributed by atoms with Gasteiger partial charge in [-0.25, -0.2) is 4.57 Å². The molecule has 1 fully saturated rings. The van der Waals surface area contributed by atoms with Crippen molar-refractivity contribution in [2.24, 2.45) is 5.92 Å². The van der Waals surface area contributed by atoms with Crippen LogP contribution in [-0.4, -0.2) is 13.2 Å². The highest BCUT2D eigenvalue weighted by molar-refractivity contribution is 9.39. The lowest BCUT2D eigenvalue weighted by Gasteiger charge is -2.22. The van der Waals surface area contributed by atoms with Gasteiger partial charge in [-0.15, -0.1) is 0 Å². The monoisotopic (exact) mass is 214 g/mol. The van der Waals surface area contributed by atoms with Gasteiger partial charge in [0.05, 0.1) is 13.2 Å². The Morgan fingerprint density at radius 3 is 2.33 bits per heavy atom. The molecule has 0 radical (unpaired) electrons. The summed E-state index contributed by atoms with van der Waals surface area (Å²) in [4.78, 5) is 0. The fourth-order valence-electron chi connectivity index (χ4n) is 0.518. The minimum absolute atomic E-state index is 0.352. The Morgan fingerprint density at radius 2 is 2.00 bits per heavy atom. The Morgan fingerprint density at radius 1 is 1.56 bits per heavy atom. The first kappa shape index (κ1) is 7.73. The van der Waals surface area contributed by atoms with Crippen LogP contribution in [0, 0.1) is 5.92 Å². The molecule has 1 heterocycles. The number of hydrogen-bond acceptors (Lipinski definition) is 3. The highest BCUT2D eigenvalue weighted by Crippen LogP contribution is 2.58. The maximum Gasteiger partial charge on any atom is 0.396 e. The van der Waals surface area contributed by atoms with Gasteiger partial charge in [-0.2, -0.15) is 0 Å². The summed E-state index contributed by atoms with van der Waals surface area (Å²) >= 11 is 2.83. The van der Waals surface area contributed by atoms with Gasteiger partial charge < -0.3 is 9.05 Å². The van der Waals surface area contributed by atoms with E-state index in [-0.39, 0.29) is 0 Å². The maximum absolute atomic E-state index is 10.9. The summed E-state index contributed by atoms with van der Waals surface area (Å²) in [6.07, 6.45) is -2.81. The Balaban J connectivity index is 2.44. The second kappa shape index (κ2) is 2.70. The van der Waals surface area contributed by atoms with Gasteiger partial charge >= 0.3 is 6.30 Å². The molecule has 5 heteroatoms. The van der Waals surface area contributed by atoms with Gasteiger partial charge in [0.25, 0.3) is 0 Å². The molecule has 0 bridgehead atoms. The summed E-state index contributed by atoms with van der Waals surface area (Å²) in [5, 5.41) is 0. The number of rotatable bonds is 0. The van der Waals surface area contributed by atoms with E-state index in [1.54, 1.807) is 0 Å². The van der Waals surface area contributed by atoms with Crippen LogP contribution in [0.2, 0.25) is 0 Å². The normalized spacial score (nSPS) is 44.9. The molecule has 0 N–H and O–H groups in total. The third kappa shape index (κ3) is 2.38. The molecule has 1 saturated heterocycles. The van der Waals surface area contributed by atoms with Crippen molar-refractivity contribution >= 4 is 21.8 Å². The summed E-state index contributed by atoms with van der Waals surface area (Å²) in [5.41, 5.74) is 0. The van der Waals surface area contributed by atoms with Crippen LogP contribution >= 0.6 is 21.8 Å². The van der Waals surface area contributed by atoms with Crippen LogP contribution in [0.4, 0.5) is 0 Å². The SMILES string of the molecule is CC1COP(=O)(Br)OC1. The van der Waals surface area contributed by atoms with E-state index >= 15 is 0 Å². The largest absolute Gasteiger partial charge is 0.396 e. The molecular formula is C4H8BrO3P. The van der Waals surface area contributed by atoms with Crippen molar-refractivity contribution in [2.45, 2.75) is 6.92 Å². The zero-order chi connectivity index (χ0) is 6.91. The molecule has 0 spiro atoms. The molecule has 9 heavy (non-hydrogen) atoms. The predicted molar refractivity (Wildman–Crippen MR) is 37.6 cm³/mol. The van der Waals surface area contributed by atoms with E-state index < -0.39 is 6.30 Å². The van der Waals surface area contributed by atoms with Gasteiger partial charge in [-0.05, 0) is 0 Å². The highest BCUT2D eigenvalue weighted by atomic mass is 79.9. The lowest BCUT2D eigenvalue weighted by Crippen LogP contribution is -2.15. The first-order valence-electron chi connectivity index (χ1n) is 2.69. The van der Waals surface area contributed by atoms with Crippen LogP contribution in [0.15, 0.2) is 0 Å². The van der Waals surface area contributed by atoms with Crippen molar-refractivity contribution in [2.75, 3.05) is 13.2 Å². The minimum Gasteiger partial charge on any atom is -0.300 e. The molecule has 1 aliphatic rings. The van der Waals surface area contributed by atoms with E-state index in [4.69, 9.17) is 9.05 Å². The third-order valence-corrected chi connectivity index (χ3v) is 3.17. The van der Waals surface area contributed by atoms with Crippen molar-refractivity contribution in [1.82, 2.24) is 0 Å². The molecule has 0 aliphatic carbocycles. The first-order chi connectivity index (χ1) is 4.10. The molecule has 0 unspecified atom stereocenters. The third-order valence-electron chi connectivity index (χ3n) is 1.03. The quantitative estimate of drug-likeness (QED) is 0.581. The second-order valence-corrected chi connectivity index (χ2v) is 6.11. The van der Waals surface area contributed by atoms with Gasteiger partial charge in [0.2, 0.25) is 0 Å². The Bertz CT molecular complexity index is 137. The van der Waals surface area contributed by atoms with Crippen LogP contribution in [0.5, 0.6) is 0 Å². The Labute approximate surface area is 62.0 Å². The van der Waals surface area contributed by atoms with Crippen LogP contribution in [0.25, 0.3) is 0 Å². The predicted octanol–water partition coefficient (Wildman–Crippen LogP) is 2.17. The summed E-state index contributed by atoms with van der Waals surface area (Å²) in [7, 11) is 0. The molecule has 1 rings (SSSR count). The van der Waals surface area contributed by atoms with Crippen molar-refractivity contribution < 1.29 is 13.6 Å². The molecule has 0 aromatic carbocycles. The van der Waals surface area contributed by atoms with Crippen molar-refractivity contribution in [3.8, 4) is 0 Å². The van der Waals surface area contributed by atoms with Crippen LogP contribution in [-0.2, 0) is 13.6 Å². The van der Waals surface area contributed by atoms with Crippen molar-refractivity contribution in [3.63, 3.8) is 0 Å². The molecule has 0 amide bonds. The lowest BCUT2D eigenvalue weighted by molar-refractivity contribution is 0.114. The lowest BCUT2D eigenvalue weighted by atomic mass is 10.2. The molecular weight excluding hydrogens is 207 g/mol. The summed E-state index contributed by atoms with van der Waals surface area (Å²) in [6, 6.07) is 0. The van der Waals surface area contributed by atoms with Gasteiger partial charge in [-0.3, -0.25) is 0 Å². The topological polar surface area (TPSA) is 35.5 Å². The van der Waals surface area contributed by atoms with Crippen molar-refractivity contribution in [1.29, 1.82) is 0 Å². The van der Waals surface area contributed by atoms with Gasteiger partial charge in [-0.1, -0.05) is 6.92 Å². The van der Waals surface area contributed by atoms with Crippen LogP contribution in [0.3, 0.4) is 0 Å². The van der Waals surface area contributed by atoms with Gasteiger partial charge in [0, 0.05) is 21.4 Å². The van der Waals surface area contributed by atoms with E-state index in [0.717, 1.165) is 0 Å². The van der Waals surface area contributed by atoms with Crippen LogP contribution < -0.4 is 0 Å². The molecule has 0 saturated carbocycles. The fraction of sp³-hybridized carbons (Fsp3) is 1.00. The van der Waals surface area contributed by atoms with E-state index in [1.807, 2.05) is 6.92 Å². The molecule has 0 aromatic rings. The van der Waals surface area contributed by atoms with Crippen molar-refractivity contribution in [3.05, 3.63) is 0 Å². The average molecular weight is 215 g/mol. The summed E-state index contributed by atoms with van der Waals surface area (Å²) in [6.45, 7) is 3.01.